The fourth-order valence-electron chi connectivity index (χ4n) is 1.14. The summed E-state index contributed by atoms with van der Waals surface area (Å²) in [6.45, 7) is 1.54. The Labute approximate surface area is 112 Å². The lowest BCUT2D eigenvalue weighted by atomic mass is 10.4. The molecule has 1 unspecified atom stereocenters. The molecule has 2 rings (SSSR count). The Morgan fingerprint density at radius 1 is 1.44 bits per heavy atom. The van der Waals surface area contributed by atoms with Crippen molar-refractivity contribution in [3.63, 3.8) is 0 Å². The average Bonchev–Trinajstić information content (AvgIpc) is 2.77. The molecule has 6 nitrogen and oxygen atoms in total. The number of carbonyl (C=O) groups is 1. The standard InChI is InChI=1S/C10H9ClN4O2S/c1-7(11)17-10(16)15-9(12-13-14-15)18-8-5-3-2-4-6-8/h2-7H,1H3. The van der Waals surface area contributed by atoms with Crippen molar-refractivity contribution in [1.29, 1.82) is 0 Å². The van der Waals surface area contributed by atoms with Crippen molar-refractivity contribution in [2.45, 2.75) is 22.5 Å². The van der Waals surface area contributed by atoms with Crippen LogP contribution >= 0.6 is 23.4 Å². The van der Waals surface area contributed by atoms with Gasteiger partial charge in [0.15, 0.2) is 5.56 Å². The van der Waals surface area contributed by atoms with Crippen LogP contribution in [0.3, 0.4) is 0 Å². The Morgan fingerprint density at radius 3 is 2.83 bits per heavy atom. The van der Waals surface area contributed by atoms with E-state index in [1.165, 1.54) is 18.7 Å². The molecular weight excluding hydrogens is 276 g/mol. The van der Waals surface area contributed by atoms with Gasteiger partial charge in [-0.3, -0.25) is 0 Å². The summed E-state index contributed by atoms with van der Waals surface area (Å²) >= 11 is 6.83. The maximum Gasteiger partial charge on any atom is 0.440 e. The van der Waals surface area contributed by atoms with E-state index in [2.05, 4.69) is 15.5 Å². The van der Waals surface area contributed by atoms with Crippen molar-refractivity contribution in [3.8, 4) is 0 Å². The number of aromatic nitrogens is 4. The number of nitrogens with zero attached hydrogens (tertiary/aromatic N) is 4. The molecule has 0 radical (unpaired) electrons. The van der Waals surface area contributed by atoms with E-state index in [4.69, 9.17) is 16.3 Å². The maximum absolute atomic E-state index is 11.6. The lowest BCUT2D eigenvalue weighted by Gasteiger charge is -2.06. The minimum atomic E-state index is -0.740. The van der Waals surface area contributed by atoms with Gasteiger partial charge in [-0.2, -0.15) is 0 Å². The molecule has 0 spiro atoms. The van der Waals surface area contributed by atoms with Crippen LogP contribution in [0.25, 0.3) is 0 Å². The zero-order valence-electron chi connectivity index (χ0n) is 9.36. The third-order valence-corrected chi connectivity index (χ3v) is 2.86. The van der Waals surface area contributed by atoms with Crippen LogP contribution in [-0.4, -0.2) is 31.9 Å². The lowest BCUT2D eigenvalue weighted by Crippen LogP contribution is -2.19. The van der Waals surface area contributed by atoms with E-state index in [1.54, 1.807) is 0 Å². The predicted molar refractivity (Wildman–Crippen MR) is 65.6 cm³/mol. The molecule has 18 heavy (non-hydrogen) atoms. The van der Waals surface area contributed by atoms with Crippen molar-refractivity contribution < 1.29 is 9.53 Å². The topological polar surface area (TPSA) is 69.9 Å². The molecule has 0 aliphatic rings. The molecule has 1 aromatic carbocycles. The first-order valence-corrected chi connectivity index (χ1v) is 6.28. The number of carbonyl (C=O) groups excluding carboxylic acids is 1. The maximum atomic E-state index is 11.6. The molecule has 0 fully saturated rings. The van der Waals surface area contributed by atoms with Gasteiger partial charge in [0.2, 0.25) is 5.16 Å². The Hall–Kier alpha value is -1.60. The van der Waals surface area contributed by atoms with Gasteiger partial charge in [0.05, 0.1) is 0 Å². The molecule has 1 heterocycles. The first kappa shape index (κ1) is 12.8. The smallest absolute Gasteiger partial charge is 0.428 e. The molecule has 0 aliphatic carbocycles. The van der Waals surface area contributed by atoms with Gasteiger partial charge in [0, 0.05) is 4.90 Å². The van der Waals surface area contributed by atoms with Crippen LogP contribution in [0.5, 0.6) is 0 Å². The lowest BCUT2D eigenvalue weighted by molar-refractivity contribution is 0.134. The Bertz CT molecular complexity index is 532. The summed E-state index contributed by atoms with van der Waals surface area (Å²) in [4.78, 5) is 12.5. The van der Waals surface area contributed by atoms with Gasteiger partial charge in [-0.1, -0.05) is 29.8 Å². The Kier molecular flexibility index (Phi) is 4.16. The van der Waals surface area contributed by atoms with Crippen LogP contribution in [0.4, 0.5) is 4.79 Å². The Balaban J connectivity index is 2.15. The normalized spacial score (nSPS) is 12.1. The zero-order chi connectivity index (χ0) is 13.0. The minimum absolute atomic E-state index is 0.323. The number of hydrogen-bond donors (Lipinski definition) is 0. The number of alkyl halides is 1. The second-order valence-corrected chi connectivity index (χ2v) is 4.87. The van der Waals surface area contributed by atoms with Crippen molar-refractivity contribution in [2.24, 2.45) is 0 Å². The van der Waals surface area contributed by atoms with Gasteiger partial charge in [0.1, 0.15) is 0 Å². The predicted octanol–water partition coefficient (Wildman–Crippen LogP) is 2.39. The van der Waals surface area contributed by atoms with Gasteiger partial charge in [-0.25, -0.2) is 4.79 Å². The van der Waals surface area contributed by atoms with Crippen LogP contribution in [-0.2, 0) is 4.74 Å². The highest BCUT2D eigenvalue weighted by atomic mass is 35.5. The monoisotopic (exact) mass is 284 g/mol. The molecular formula is C10H9ClN4O2S. The first-order valence-electron chi connectivity index (χ1n) is 5.03. The quantitative estimate of drug-likeness (QED) is 0.637. The van der Waals surface area contributed by atoms with E-state index in [0.717, 1.165) is 9.58 Å². The van der Waals surface area contributed by atoms with Crippen molar-refractivity contribution >= 4 is 29.5 Å². The molecule has 0 aliphatic heterocycles. The molecule has 1 aromatic heterocycles. The molecule has 8 heteroatoms. The van der Waals surface area contributed by atoms with E-state index in [9.17, 15) is 4.79 Å². The fraction of sp³-hybridized carbons (Fsp3) is 0.200. The van der Waals surface area contributed by atoms with E-state index >= 15 is 0 Å². The van der Waals surface area contributed by atoms with Gasteiger partial charge in [-0.05, 0) is 41.2 Å². The number of halogens is 1. The molecule has 2 aromatic rings. The molecule has 0 amide bonds. The number of tetrazole rings is 1. The molecule has 0 N–H and O–H groups in total. The van der Waals surface area contributed by atoms with Crippen LogP contribution in [0, 0.1) is 0 Å². The number of benzene rings is 1. The SMILES string of the molecule is CC(Cl)OC(=O)n1nnnc1Sc1ccccc1. The summed E-state index contributed by atoms with van der Waals surface area (Å²) in [6.07, 6.45) is -0.707. The number of rotatable bonds is 3. The number of hydrogen-bond acceptors (Lipinski definition) is 6. The summed E-state index contributed by atoms with van der Waals surface area (Å²) in [7, 11) is 0. The molecule has 1 atom stereocenters. The Morgan fingerprint density at radius 2 is 2.17 bits per heavy atom. The second-order valence-electron chi connectivity index (χ2n) is 3.22. The van der Waals surface area contributed by atoms with Crippen molar-refractivity contribution in [2.75, 3.05) is 0 Å². The highest BCUT2D eigenvalue weighted by Crippen LogP contribution is 2.24. The third-order valence-electron chi connectivity index (χ3n) is 1.83. The van der Waals surface area contributed by atoms with Gasteiger partial charge in [0.25, 0.3) is 0 Å². The van der Waals surface area contributed by atoms with Crippen LogP contribution < -0.4 is 0 Å². The summed E-state index contributed by atoms with van der Waals surface area (Å²) in [5.41, 5.74) is -0.740. The van der Waals surface area contributed by atoms with Crippen LogP contribution in [0.15, 0.2) is 40.4 Å². The molecule has 94 valence electrons. The summed E-state index contributed by atoms with van der Waals surface area (Å²) in [6, 6.07) is 9.44. The van der Waals surface area contributed by atoms with E-state index < -0.39 is 11.7 Å². The van der Waals surface area contributed by atoms with E-state index in [0.29, 0.717) is 5.16 Å². The van der Waals surface area contributed by atoms with Gasteiger partial charge >= 0.3 is 6.09 Å². The summed E-state index contributed by atoms with van der Waals surface area (Å²) < 4.78 is 5.78. The highest BCUT2D eigenvalue weighted by Gasteiger charge is 2.17. The summed E-state index contributed by atoms with van der Waals surface area (Å²) in [5, 5.41) is 11.1. The highest BCUT2D eigenvalue weighted by molar-refractivity contribution is 7.99. The van der Waals surface area contributed by atoms with E-state index in [1.807, 2.05) is 30.3 Å². The van der Waals surface area contributed by atoms with Crippen LogP contribution in [0.1, 0.15) is 6.92 Å². The van der Waals surface area contributed by atoms with Crippen LogP contribution in [0.2, 0.25) is 0 Å². The largest absolute Gasteiger partial charge is 0.440 e. The molecule has 0 bridgehead atoms. The van der Waals surface area contributed by atoms with E-state index in [-0.39, 0.29) is 0 Å². The molecule has 0 saturated carbocycles. The van der Waals surface area contributed by atoms with Gasteiger partial charge in [-0.15, -0.1) is 9.78 Å². The summed E-state index contributed by atoms with van der Waals surface area (Å²) in [5.74, 6) is 0. The minimum Gasteiger partial charge on any atom is -0.428 e. The second kappa shape index (κ2) is 5.83. The molecule has 0 saturated heterocycles. The van der Waals surface area contributed by atoms with Gasteiger partial charge < -0.3 is 4.74 Å². The van der Waals surface area contributed by atoms with Crippen molar-refractivity contribution in [3.05, 3.63) is 30.3 Å². The number of ether oxygens (including phenoxy) is 1. The first-order chi connectivity index (χ1) is 8.66. The average molecular weight is 285 g/mol. The zero-order valence-corrected chi connectivity index (χ0v) is 10.9. The third kappa shape index (κ3) is 3.21. The van der Waals surface area contributed by atoms with Crippen molar-refractivity contribution in [1.82, 2.24) is 20.2 Å². The fourth-order valence-corrected chi connectivity index (χ4v) is 2.00.